The number of carbonyl (C=O) groups is 1. The van der Waals surface area contributed by atoms with E-state index in [2.05, 4.69) is 13.8 Å². The molecule has 0 radical (unpaired) electrons. The highest BCUT2D eigenvalue weighted by Crippen LogP contribution is 2.22. The van der Waals surface area contributed by atoms with Gasteiger partial charge in [0.15, 0.2) is 6.29 Å². The van der Waals surface area contributed by atoms with Crippen LogP contribution in [0.1, 0.15) is 181 Å². The Bertz CT molecular complexity index is 649. The number of aliphatic hydroxyl groups excluding tert-OH is 2. The van der Waals surface area contributed by atoms with Crippen LogP contribution >= 0.6 is 0 Å². The van der Waals surface area contributed by atoms with Crippen LogP contribution < -0.4 is 5.73 Å². The van der Waals surface area contributed by atoms with Gasteiger partial charge < -0.3 is 30.3 Å². The van der Waals surface area contributed by atoms with Crippen LogP contribution in [0.3, 0.4) is 0 Å². The zero-order valence-electron chi connectivity index (χ0n) is 29.3. The van der Waals surface area contributed by atoms with Gasteiger partial charge in [-0.3, -0.25) is 4.79 Å². The maximum absolute atomic E-state index is 13.3. The van der Waals surface area contributed by atoms with Gasteiger partial charge >= 0.3 is 0 Å². The van der Waals surface area contributed by atoms with Crippen molar-refractivity contribution in [3.63, 3.8) is 0 Å². The smallest absolute Gasteiger partial charge is 0.222 e. The molecule has 0 unspecified atom stereocenters. The lowest BCUT2D eigenvalue weighted by Gasteiger charge is -2.42. The first-order chi connectivity index (χ1) is 21.5. The van der Waals surface area contributed by atoms with Gasteiger partial charge in [-0.05, 0) is 12.8 Å². The molecule has 0 aromatic rings. The van der Waals surface area contributed by atoms with E-state index in [4.69, 9.17) is 15.2 Å². The lowest BCUT2D eigenvalue weighted by atomic mass is 9.96. The standard InChI is InChI=1S/C37H74N2O5/c1-4-6-8-10-12-14-15-16-17-18-19-20-22-24-26-28-30-39(31-32-35(41)36(42)34(38)37(43-3)44-32)33(40)29-27-25-23-21-13-11-9-7-5-2/h32,34-37,41-42H,4-31,38H2,1-3H3/t32-,34-,35-,36-,37+/m1/s1. The normalized spacial score (nSPS) is 22.0. The Morgan fingerprint density at radius 2 is 1.02 bits per heavy atom. The second-order valence-corrected chi connectivity index (χ2v) is 13.6. The van der Waals surface area contributed by atoms with Crippen molar-refractivity contribution in [2.24, 2.45) is 5.73 Å². The summed E-state index contributed by atoms with van der Waals surface area (Å²) in [7, 11) is 1.48. The zero-order chi connectivity index (χ0) is 32.3. The van der Waals surface area contributed by atoms with Crippen LogP contribution in [0.4, 0.5) is 0 Å². The number of nitrogens with zero attached hydrogens (tertiary/aromatic N) is 1. The fourth-order valence-corrected chi connectivity index (χ4v) is 6.45. The third-order valence-electron chi connectivity index (χ3n) is 9.51. The molecule has 1 amide bonds. The molecule has 262 valence electrons. The SMILES string of the molecule is CCCCCCCCCCCCCCCCCCN(C[C@H]1O[C@H](OC)[C@H](N)[C@@H](O)[C@@H]1O)C(=O)CCCCCCCCCCC. The van der Waals surface area contributed by atoms with Crippen molar-refractivity contribution in [1.29, 1.82) is 0 Å². The van der Waals surface area contributed by atoms with Gasteiger partial charge in [0, 0.05) is 26.6 Å². The molecule has 7 nitrogen and oxygen atoms in total. The van der Waals surface area contributed by atoms with E-state index in [1.165, 1.54) is 142 Å². The van der Waals surface area contributed by atoms with Crippen molar-refractivity contribution in [3.05, 3.63) is 0 Å². The molecule has 1 aliphatic heterocycles. The van der Waals surface area contributed by atoms with E-state index < -0.39 is 30.6 Å². The molecule has 0 aromatic carbocycles. The van der Waals surface area contributed by atoms with E-state index in [1.807, 2.05) is 4.90 Å². The van der Waals surface area contributed by atoms with Crippen molar-refractivity contribution >= 4 is 5.91 Å². The van der Waals surface area contributed by atoms with Crippen LogP contribution in [0.25, 0.3) is 0 Å². The minimum absolute atomic E-state index is 0.114. The molecule has 1 fully saturated rings. The molecule has 1 heterocycles. The summed E-state index contributed by atoms with van der Waals surface area (Å²) in [5.41, 5.74) is 5.98. The lowest BCUT2D eigenvalue weighted by Crippen LogP contribution is -2.63. The van der Waals surface area contributed by atoms with Crippen LogP contribution in [0.5, 0.6) is 0 Å². The number of unbranched alkanes of at least 4 members (excludes halogenated alkanes) is 23. The second-order valence-electron chi connectivity index (χ2n) is 13.6. The summed E-state index contributed by atoms with van der Waals surface area (Å²) in [6, 6.07) is -0.822. The molecule has 0 spiro atoms. The Kier molecular flexibility index (Phi) is 26.7. The van der Waals surface area contributed by atoms with Crippen molar-refractivity contribution in [2.45, 2.75) is 211 Å². The Hall–Kier alpha value is -0.730. The highest BCUT2D eigenvalue weighted by Gasteiger charge is 2.43. The summed E-state index contributed by atoms with van der Waals surface area (Å²) < 4.78 is 11.2. The predicted molar refractivity (Wildman–Crippen MR) is 184 cm³/mol. The van der Waals surface area contributed by atoms with Gasteiger partial charge in [-0.15, -0.1) is 0 Å². The molecule has 5 atom stereocenters. The molecule has 1 aliphatic rings. The van der Waals surface area contributed by atoms with E-state index in [0.29, 0.717) is 13.0 Å². The van der Waals surface area contributed by atoms with Crippen LogP contribution in [-0.2, 0) is 14.3 Å². The summed E-state index contributed by atoms with van der Waals surface area (Å²) in [6.07, 6.45) is 28.7. The Balaban J connectivity index is 2.32. The molecular weight excluding hydrogens is 552 g/mol. The molecule has 1 saturated heterocycles. The number of nitrogens with two attached hydrogens (primary N) is 1. The Morgan fingerprint density at radius 1 is 0.636 bits per heavy atom. The van der Waals surface area contributed by atoms with E-state index in [9.17, 15) is 15.0 Å². The molecule has 44 heavy (non-hydrogen) atoms. The van der Waals surface area contributed by atoms with Gasteiger partial charge in [-0.25, -0.2) is 0 Å². The first-order valence-corrected chi connectivity index (χ1v) is 19.0. The van der Waals surface area contributed by atoms with Crippen molar-refractivity contribution < 1.29 is 24.5 Å². The average molecular weight is 627 g/mol. The van der Waals surface area contributed by atoms with Crippen molar-refractivity contribution in [3.8, 4) is 0 Å². The maximum Gasteiger partial charge on any atom is 0.222 e. The van der Waals surface area contributed by atoms with E-state index >= 15 is 0 Å². The fraction of sp³-hybridized carbons (Fsp3) is 0.973. The summed E-state index contributed by atoms with van der Waals surface area (Å²) in [6.45, 7) is 5.43. The van der Waals surface area contributed by atoms with E-state index in [-0.39, 0.29) is 12.5 Å². The fourth-order valence-electron chi connectivity index (χ4n) is 6.45. The number of amides is 1. The van der Waals surface area contributed by atoms with Crippen molar-refractivity contribution in [2.75, 3.05) is 20.2 Å². The monoisotopic (exact) mass is 627 g/mol. The minimum atomic E-state index is -1.15. The zero-order valence-corrected chi connectivity index (χ0v) is 29.3. The quantitative estimate of drug-likeness (QED) is 0.0692. The summed E-state index contributed by atoms with van der Waals surface area (Å²) in [4.78, 5) is 15.1. The molecule has 1 rings (SSSR count). The third kappa shape index (κ3) is 19.7. The maximum atomic E-state index is 13.3. The molecule has 0 aliphatic carbocycles. The second kappa shape index (κ2) is 28.5. The summed E-state index contributed by atoms with van der Waals surface area (Å²) in [5.74, 6) is 0.114. The van der Waals surface area contributed by atoms with Gasteiger partial charge in [0.25, 0.3) is 0 Å². The van der Waals surface area contributed by atoms with Crippen LogP contribution in [0.15, 0.2) is 0 Å². The van der Waals surface area contributed by atoms with Crippen LogP contribution in [0.2, 0.25) is 0 Å². The van der Waals surface area contributed by atoms with Crippen LogP contribution in [0, 0.1) is 0 Å². The molecule has 4 N–H and O–H groups in total. The molecule has 7 heteroatoms. The predicted octanol–water partition coefficient (Wildman–Crippen LogP) is 8.42. The topological polar surface area (TPSA) is 105 Å². The van der Waals surface area contributed by atoms with Gasteiger partial charge in [-0.1, -0.05) is 162 Å². The molecule has 0 bridgehead atoms. The summed E-state index contributed by atoms with van der Waals surface area (Å²) >= 11 is 0. The summed E-state index contributed by atoms with van der Waals surface area (Å²) in [5, 5.41) is 21.1. The first kappa shape index (κ1) is 41.3. The van der Waals surface area contributed by atoms with Gasteiger partial charge in [0.05, 0.1) is 6.04 Å². The number of hydrogen-bond acceptors (Lipinski definition) is 6. The Labute approximate surface area is 272 Å². The largest absolute Gasteiger partial charge is 0.388 e. The Morgan fingerprint density at radius 3 is 1.43 bits per heavy atom. The molecular formula is C37H74N2O5. The highest BCUT2D eigenvalue weighted by atomic mass is 16.7. The number of hydrogen-bond donors (Lipinski definition) is 3. The number of methoxy groups -OCH3 is 1. The number of rotatable bonds is 30. The van der Waals surface area contributed by atoms with Gasteiger partial charge in [0.2, 0.25) is 5.91 Å². The van der Waals surface area contributed by atoms with Crippen LogP contribution in [-0.4, -0.2) is 71.9 Å². The average Bonchev–Trinajstić information content (AvgIpc) is 3.03. The molecule has 0 aromatic heterocycles. The number of carbonyl (C=O) groups excluding carboxylic acids is 1. The van der Waals surface area contributed by atoms with Gasteiger partial charge in [-0.2, -0.15) is 0 Å². The number of ether oxygens (including phenoxy) is 2. The highest BCUT2D eigenvalue weighted by molar-refractivity contribution is 5.76. The minimum Gasteiger partial charge on any atom is -0.388 e. The van der Waals surface area contributed by atoms with Gasteiger partial charge in [0.1, 0.15) is 18.3 Å². The first-order valence-electron chi connectivity index (χ1n) is 19.0. The number of aliphatic hydroxyl groups is 2. The van der Waals surface area contributed by atoms with Crippen molar-refractivity contribution in [1.82, 2.24) is 4.90 Å². The third-order valence-corrected chi connectivity index (χ3v) is 9.51. The molecule has 0 saturated carbocycles. The lowest BCUT2D eigenvalue weighted by molar-refractivity contribution is -0.254. The van der Waals surface area contributed by atoms with E-state index in [1.54, 1.807) is 0 Å². The van der Waals surface area contributed by atoms with E-state index in [0.717, 1.165) is 25.7 Å².